The molecule has 7 atom stereocenters. The van der Waals surface area contributed by atoms with Gasteiger partial charge in [0.2, 0.25) is 11.8 Å². The average Bonchev–Trinajstić information content (AvgIpc) is 3.84. The number of phosphoric acid groups is 3. The van der Waals surface area contributed by atoms with Crippen LogP contribution in [0.25, 0.3) is 11.2 Å². The highest BCUT2D eigenvalue weighted by Gasteiger charge is 2.50. The molecule has 0 aliphatic carbocycles. The number of thioether (sulfide) groups is 1. The molecule has 25 nitrogen and oxygen atoms in total. The van der Waals surface area contributed by atoms with E-state index in [-0.39, 0.29) is 47.4 Å². The first-order valence-corrected chi connectivity index (χ1v) is 27.7. The van der Waals surface area contributed by atoms with E-state index in [4.69, 9.17) is 19.5 Å². The number of imidazole rings is 1. The van der Waals surface area contributed by atoms with Crippen molar-refractivity contribution in [2.24, 2.45) is 5.41 Å². The predicted molar refractivity (Wildman–Crippen MR) is 256 cm³/mol. The van der Waals surface area contributed by atoms with Crippen LogP contribution in [0.1, 0.15) is 91.2 Å². The molecule has 70 heavy (non-hydrogen) atoms. The zero-order chi connectivity index (χ0) is 52.0. The molecule has 3 heterocycles. The lowest BCUT2D eigenvalue weighted by Crippen LogP contribution is -2.46. The summed E-state index contributed by atoms with van der Waals surface area (Å²) in [6, 6.07) is 0. The molecule has 392 valence electrons. The number of rotatable bonds is 33. The van der Waals surface area contributed by atoms with Crippen molar-refractivity contribution < 1.29 is 85.3 Å². The Morgan fingerprint density at radius 2 is 1.61 bits per heavy atom. The van der Waals surface area contributed by atoms with Gasteiger partial charge in [0, 0.05) is 43.5 Å². The standard InChI is InChI=1S/C41H64N7O18P3S/c1-4-5-15-18-29(49)19-16-13-11-9-7-6-8-10-12-14-17-20-32(51)70-24-23-43-31(50)21-22-44-39(54)36(53)41(2,3)26-63-69(60,61)66-68(58,59)62-25-30-35(65-67(55,56)57)34(52)40(64-30)48-28-47-33-37(42)45-27-46-38(33)48/h6-7,10-13,16,19,27-28,30,34-36,40,52-53H,4-5,8-9,14-15,17-18,20-26H2,1-3H3,(H,43,50)(H,44,54)(H,58,59)(H,60,61)(H2,42,45,46)(H2,55,56,57). The van der Waals surface area contributed by atoms with Crippen LogP contribution in [0.15, 0.2) is 61.3 Å². The van der Waals surface area contributed by atoms with Gasteiger partial charge in [-0.1, -0.05) is 87.9 Å². The van der Waals surface area contributed by atoms with Gasteiger partial charge in [-0.05, 0) is 38.2 Å². The minimum absolute atomic E-state index is 0.0111. The summed E-state index contributed by atoms with van der Waals surface area (Å²) in [5.41, 5.74) is 4.26. The molecule has 0 aromatic carbocycles. The van der Waals surface area contributed by atoms with Crippen molar-refractivity contribution in [1.82, 2.24) is 30.2 Å². The number of nitrogens with zero attached hydrogens (tertiary/aromatic N) is 4. The normalized spacial score (nSPS) is 20.1. The van der Waals surface area contributed by atoms with E-state index >= 15 is 0 Å². The summed E-state index contributed by atoms with van der Waals surface area (Å²) in [5, 5.41) is 26.5. The third-order valence-corrected chi connectivity index (χ3v) is 14.0. The van der Waals surface area contributed by atoms with Gasteiger partial charge in [0.1, 0.15) is 36.3 Å². The first kappa shape index (κ1) is 60.5. The van der Waals surface area contributed by atoms with E-state index in [0.29, 0.717) is 25.0 Å². The highest BCUT2D eigenvalue weighted by atomic mass is 32.2. The number of aliphatic hydroxyl groups excluding tert-OH is 2. The Kier molecular flexibility index (Phi) is 25.6. The number of nitrogen functional groups attached to an aromatic ring is 1. The van der Waals surface area contributed by atoms with E-state index < -0.39 is 84.6 Å². The number of amides is 2. The second kappa shape index (κ2) is 29.6. The molecule has 7 unspecified atom stereocenters. The molecule has 0 radical (unpaired) electrons. The lowest BCUT2D eigenvalue weighted by molar-refractivity contribution is -0.137. The Hall–Kier alpha value is -3.81. The zero-order valence-electron chi connectivity index (χ0n) is 39.0. The number of phosphoric ester groups is 3. The fourth-order valence-electron chi connectivity index (χ4n) is 6.25. The molecule has 10 N–H and O–H groups in total. The quantitative estimate of drug-likeness (QED) is 0.0160. The van der Waals surface area contributed by atoms with E-state index in [1.54, 1.807) is 12.2 Å². The zero-order valence-corrected chi connectivity index (χ0v) is 42.5. The summed E-state index contributed by atoms with van der Waals surface area (Å²) >= 11 is 1.09. The molecule has 0 spiro atoms. The number of fused-ring (bicyclic) bond motifs is 1. The summed E-state index contributed by atoms with van der Waals surface area (Å²) < 4.78 is 62.4. The minimum Gasteiger partial charge on any atom is -0.386 e. The summed E-state index contributed by atoms with van der Waals surface area (Å²) in [6.07, 6.45) is 15.4. The van der Waals surface area contributed by atoms with E-state index in [0.717, 1.165) is 67.5 Å². The molecule has 0 bridgehead atoms. The van der Waals surface area contributed by atoms with E-state index in [2.05, 4.69) is 41.3 Å². The topological polar surface area (TPSA) is 381 Å². The first-order valence-electron chi connectivity index (χ1n) is 22.2. The molecule has 29 heteroatoms. The second-order valence-electron chi connectivity index (χ2n) is 16.3. The van der Waals surface area contributed by atoms with Gasteiger partial charge in [0.15, 0.2) is 28.6 Å². The number of hydrogen-bond acceptors (Lipinski definition) is 19. The molecule has 2 aromatic heterocycles. The maximum Gasteiger partial charge on any atom is 0.481 e. The fourth-order valence-corrected chi connectivity index (χ4v) is 9.80. The van der Waals surface area contributed by atoms with Gasteiger partial charge in [-0.2, -0.15) is 4.31 Å². The Morgan fingerprint density at radius 3 is 2.33 bits per heavy atom. The van der Waals surface area contributed by atoms with Crippen molar-refractivity contribution in [3.05, 3.63) is 61.3 Å². The van der Waals surface area contributed by atoms with Crippen LogP contribution in [0.2, 0.25) is 0 Å². The molecule has 1 aliphatic rings. The van der Waals surface area contributed by atoms with Gasteiger partial charge < -0.3 is 50.9 Å². The van der Waals surface area contributed by atoms with Gasteiger partial charge >= 0.3 is 23.5 Å². The molecular weight excluding hydrogens is 1000 g/mol. The maximum atomic E-state index is 12.7. The van der Waals surface area contributed by atoms with Crippen molar-refractivity contribution in [2.75, 3.05) is 37.8 Å². The van der Waals surface area contributed by atoms with Crippen molar-refractivity contribution in [3.8, 4) is 0 Å². The minimum atomic E-state index is -5.59. The number of carbonyl (C=O) groups is 4. The number of ketones is 1. The van der Waals surface area contributed by atoms with Crippen molar-refractivity contribution in [3.63, 3.8) is 0 Å². The van der Waals surface area contributed by atoms with Crippen LogP contribution in [0, 0.1) is 5.41 Å². The SMILES string of the molecule is CCCCCC(=O)C=CC=CCC=CCC=CCCCC(=O)SCCNC(=O)CCNC(=O)C(O)C(C)(C)COP(=O)(O)OP(=O)(O)OCC1OC(n2cnc3c(N)ncnc32)C(O)C1OP(=O)(O)O. The van der Waals surface area contributed by atoms with Crippen LogP contribution in [-0.2, 0) is 55.5 Å². The second-order valence-corrected chi connectivity index (χ2v) is 21.7. The lowest BCUT2D eigenvalue weighted by atomic mass is 9.87. The molecule has 1 saturated heterocycles. The van der Waals surface area contributed by atoms with Gasteiger partial charge in [-0.3, -0.25) is 37.3 Å². The largest absolute Gasteiger partial charge is 0.481 e. The highest BCUT2D eigenvalue weighted by Crippen LogP contribution is 2.61. The fraction of sp³-hybridized carbons (Fsp3) is 0.585. The van der Waals surface area contributed by atoms with E-state index in [1.807, 2.05) is 36.5 Å². The molecule has 2 amide bonds. The number of anilines is 1. The van der Waals surface area contributed by atoms with Crippen LogP contribution in [0.5, 0.6) is 0 Å². The predicted octanol–water partition coefficient (Wildman–Crippen LogP) is 3.99. The Bertz CT molecular complexity index is 2310. The number of allylic oxidation sites excluding steroid dienone is 8. The van der Waals surface area contributed by atoms with E-state index in [1.165, 1.54) is 13.8 Å². The average molecular weight is 1070 g/mol. The van der Waals surface area contributed by atoms with Crippen LogP contribution < -0.4 is 16.4 Å². The number of aromatic nitrogens is 4. The molecule has 1 aliphatic heterocycles. The van der Waals surface area contributed by atoms with Gasteiger partial charge in [-0.15, -0.1) is 0 Å². The summed E-state index contributed by atoms with van der Waals surface area (Å²) in [6.45, 7) is 2.56. The highest BCUT2D eigenvalue weighted by molar-refractivity contribution is 8.13. The Labute approximate surface area is 409 Å². The van der Waals surface area contributed by atoms with Crippen molar-refractivity contribution >= 4 is 74.9 Å². The van der Waals surface area contributed by atoms with Crippen molar-refractivity contribution in [1.29, 1.82) is 0 Å². The smallest absolute Gasteiger partial charge is 0.386 e. The maximum absolute atomic E-state index is 12.7. The number of aliphatic hydroxyl groups is 2. The van der Waals surface area contributed by atoms with Crippen molar-refractivity contribution in [2.45, 2.75) is 116 Å². The number of carbonyl (C=O) groups excluding carboxylic acids is 4. The molecule has 3 rings (SSSR count). The summed E-state index contributed by atoms with van der Waals surface area (Å²) in [5.74, 6) is -0.985. The van der Waals surface area contributed by atoms with Crippen LogP contribution >= 0.6 is 35.2 Å². The first-order chi connectivity index (χ1) is 32.9. The Balaban J connectivity index is 1.30. The lowest BCUT2D eigenvalue weighted by Gasteiger charge is -2.30. The van der Waals surface area contributed by atoms with Gasteiger partial charge in [-0.25, -0.2) is 28.6 Å². The number of unbranched alkanes of at least 4 members (excludes halogenated alkanes) is 3. The third kappa shape index (κ3) is 22.3. The molecule has 2 aromatic rings. The Morgan fingerprint density at radius 1 is 0.914 bits per heavy atom. The van der Waals surface area contributed by atoms with Crippen LogP contribution in [0.4, 0.5) is 5.82 Å². The number of nitrogens with one attached hydrogen (secondary N) is 2. The van der Waals surface area contributed by atoms with Crippen LogP contribution in [0.3, 0.4) is 0 Å². The van der Waals surface area contributed by atoms with Gasteiger partial charge in [0.05, 0.1) is 19.5 Å². The number of nitrogens with two attached hydrogens (primary N) is 1. The monoisotopic (exact) mass is 1070 g/mol. The number of hydrogen-bond donors (Lipinski definition) is 9. The molecule has 1 fully saturated rings. The molecular formula is C41H64N7O18P3S. The summed E-state index contributed by atoms with van der Waals surface area (Å²) in [4.78, 5) is 100. The number of ether oxygens (including phenoxy) is 1. The molecule has 0 saturated carbocycles. The van der Waals surface area contributed by atoms with E-state index in [9.17, 15) is 62.7 Å². The van der Waals surface area contributed by atoms with Crippen LogP contribution in [-0.4, -0.2) is 128 Å². The third-order valence-electron chi connectivity index (χ3n) is 9.95. The van der Waals surface area contributed by atoms with Gasteiger partial charge in [0.25, 0.3) is 0 Å². The summed E-state index contributed by atoms with van der Waals surface area (Å²) in [7, 11) is -16.4.